The van der Waals surface area contributed by atoms with E-state index in [-0.39, 0.29) is 11.2 Å². The van der Waals surface area contributed by atoms with Crippen LogP contribution in [0.4, 0.5) is 0 Å². The summed E-state index contributed by atoms with van der Waals surface area (Å²) in [5.41, 5.74) is 5.59. The molecule has 1 aliphatic carbocycles. The molecule has 21 heavy (non-hydrogen) atoms. The molecule has 0 spiro atoms. The van der Waals surface area contributed by atoms with E-state index in [2.05, 4.69) is 37.9 Å². The zero-order chi connectivity index (χ0) is 15.0. The van der Waals surface area contributed by atoms with E-state index in [0.717, 1.165) is 24.1 Å². The quantitative estimate of drug-likeness (QED) is 0.765. The largest absolute Gasteiger partial charge is 0.294 e. The number of hydrogen-bond acceptors (Lipinski definition) is 2. The summed E-state index contributed by atoms with van der Waals surface area (Å²) in [5.74, 6) is 0.281. The number of carbonyl (C=O) groups is 1. The summed E-state index contributed by atoms with van der Waals surface area (Å²) in [4.78, 5) is 16.6. The van der Waals surface area contributed by atoms with Gasteiger partial charge in [-0.2, -0.15) is 0 Å². The molecule has 2 aromatic rings. The molecular formula is C19H21NO. The number of benzene rings is 1. The van der Waals surface area contributed by atoms with Crippen molar-refractivity contribution < 1.29 is 4.79 Å². The average molecular weight is 279 g/mol. The summed E-state index contributed by atoms with van der Waals surface area (Å²) in [5, 5.41) is 0. The van der Waals surface area contributed by atoms with Crippen molar-refractivity contribution in [1.82, 2.24) is 4.98 Å². The maximum absolute atomic E-state index is 12.1. The highest BCUT2D eigenvalue weighted by Crippen LogP contribution is 2.33. The van der Waals surface area contributed by atoms with E-state index >= 15 is 0 Å². The Balaban J connectivity index is 2.14. The number of pyridine rings is 1. The summed E-state index contributed by atoms with van der Waals surface area (Å²) in [6.45, 7) is 6.51. The highest BCUT2D eigenvalue weighted by atomic mass is 16.1. The molecule has 1 aromatic heterocycles. The first kappa shape index (κ1) is 14.0. The number of rotatable bonds is 1. The fraction of sp³-hybridized carbons (Fsp3) is 0.368. The Kier molecular flexibility index (Phi) is 3.40. The van der Waals surface area contributed by atoms with E-state index in [0.29, 0.717) is 6.42 Å². The lowest BCUT2D eigenvalue weighted by Gasteiger charge is -2.21. The predicted octanol–water partition coefficient (Wildman–Crippen LogP) is 4.57. The Bertz CT molecular complexity index is 695. The fourth-order valence-corrected chi connectivity index (χ4v) is 2.96. The van der Waals surface area contributed by atoms with Gasteiger partial charge in [0.2, 0.25) is 0 Å². The van der Waals surface area contributed by atoms with Crippen molar-refractivity contribution in [3.05, 3.63) is 53.3 Å². The van der Waals surface area contributed by atoms with Crippen LogP contribution < -0.4 is 0 Å². The van der Waals surface area contributed by atoms with E-state index in [4.69, 9.17) is 0 Å². The van der Waals surface area contributed by atoms with Crippen molar-refractivity contribution in [2.75, 3.05) is 0 Å². The van der Waals surface area contributed by atoms with Crippen LogP contribution in [-0.4, -0.2) is 10.8 Å². The Morgan fingerprint density at radius 2 is 1.81 bits per heavy atom. The first-order chi connectivity index (χ1) is 9.97. The minimum Gasteiger partial charge on any atom is -0.294 e. The van der Waals surface area contributed by atoms with Gasteiger partial charge in [0.1, 0.15) is 0 Å². The van der Waals surface area contributed by atoms with Gasteiger partial charge in [-0.3, -0.25) is 9.78 Å². The van der Waals surface area contributed by atoms with Gasteiger partial charge in [-0.1, -0.05) is 39.0 Å². The monoisotopic (exact) mass is 279 g/mol. The van der Waals surface area contributed by atoms with Crippen molar-refractivity contribution in [1.29, 1.82) is 0 Å². The number of hydrogen-bond donors (Lipinski definition) is 0. The Morgan fingerprint density at radius 1 is 1.05 bits per heavy atom. The first-order valence-corrected chi connectivity index (χ1v) is 7.59. The topological polar surface area (TPSA) is 30.0 Å². The van der Waals surface area contributed by atoms with Crippen LogP contribution in [0.2, 0.25) is 0 Å². The van der Waals surface area contributed by atoms with Gasteiger partial charge >= 0.3 is 0 Å². The molecule has 0 unspecified atom stereocenters. The molecule has 1 heterocycles. The van der Waals surface area contributed by atoms with Crippen LogP contribution in [0, 0.1) is 0 Å². The van der Waals surface area contributed by atoms with Crippen molar-refractivity contribution in [2.45, 2.75) is 45.4 Å². The van der Waals surface area contributed by atoms with Crippen LogP contribution >= 0.6 is 0 Å². The molecular weight excluding hydrogens is 258 g/mol. The molecule has 0 fully saturated rings. The van der Waals surface area contributed by atoms with E-state index in [1.54, 1.807) is 0 Å². The highest BCUT2D eigenvalue weighted by molar-refractivity contribution is 6.00. The zero-order valence-electron chi connectivity index (χ0n) is 12.9. The van der Waals surface area contributed by atoms with Gasteiger partial charge in [-0.25, -0.2) is 0 Å². The Morgan fingerprint density at radius 3 is 2.57 bits per heavy atom. The van der Waals surface area contributed by atoms with E-state index < -0.39 is 0 Å². The van der Waals surface area contributed by atoms with Crippen LogP contribution in [0.5, 0.6) is 0 Å². The normalized spacial score (nSPS) is 14.9. The maximum atomic E-state index is 12.1. The van der Waals surface area contributed by atoms with Crippen LogP contribution in [0.3, 0.4) is 0 Å². The van der Waals surface area contributed by atoms with Gasteiger partial charge in [-0.15, -0.1) is 0 Å². The fourth-order valence-electron chi connectivity index (χ4n) is 2.96. The van der Waals surface area contributed by atoms with Crippen molar-refractivity contribution in [3.8, 4) is 11.1 Å². The van der Waals surface area contributed by atoms with E-state index in [1.165, 1.54) is 16.7 Å². The highest BCUT2D eigenvalue weighted by Gasteiger charge is 2.21. The number of carbonyl (C=O) groups excluding carboxylic acids is 1. The lowest BCUT2D eigenvalue weighted by atomic mass is 9.84. The first-order valence-electron chi connectivity index (χ1n) is 7.59. The van der Waals surface area contributed by atoms with Crippen LogP contribution in [0.25, 0.3) is 11.1 Å². The van der Waals surface area contributed by atoms with Gasteiger partial charge in [0.05, 0.1) is 0 Å². The second-order valence-electron chi connectivity index (χ2n) is 6.79. The second kappa shape index (κ2) is 5.10. The standard InChI is InChI=1S/C19H21NO/c1-19(2,3)18-12-13(10-11-20-18)14-6-4-8-16-15(14)7-5-9-17(16)21/h4,6,8,10-12H,5,7,9H2,1-3H3. The zero-order valence-corrected chi connectivity index (χ0v) is 12.9. The molecule has 0 N–H and O–H groups in total. The molecule has 0 aliphatic heterocycles. The van der Waals surface area contributed by atoms with E-state index in [1.807, 2.05) is 24.4 Å². The van der Waals surface area contributed by atoms with Gasteiger partial charge < -0.3 is 0 Å². The molecule has 2 heteroatoms. The van der Waals surface area contributed by atoms with Crippen LogP contribution in [0.15, 0.2) is 36.5 Å². The predicted molar refractivity (Wildman–Crippen MR) is 85.6 cm³/mol. The summed E-state index contributed by atoms with van der Waals surface area (Å²) in [7, 11) is 0. The maximum Gasteiger partial charge on any atom is 0.163 e. The molecule has 0 atom stereocenters. The third-order valence-corrected chi connectivity index (χ3v) is 4.15. The number of nitrogens with zero attached hydrogens (tertiary/aromatic N) is 1. The van der Waals surface area contributed by atoms with Gasteiger partial charge in [0, 0.05) is 29.3 Å². The van der Waals surface area contributed by atoms with E-state index in [9.17, 15) is 4.79 Å². The lowest BCUT2D eigenvalue weighted by molar-refractivity contribution is 0.0972. The average Bonchev–Trinajstić information content (AvgIpc) is 2.46. The molecule has 1 aliphatic rings. The molecule has 0 amide bonds. The summed E-state index contributed by atoms with van der Waals surface area (Å²) >= 11 is 0. The molecule has 0 bridgehead atoms. The van der Waals surface area contributed by atoms with Crippen molar-refractivity contribution >= 4 is 5.78 Å². The molecule has 2 nitrogen and oxygen atoms in total. The summed E-state index contributed by atoms with van der Waals surface area (Å²) < 4.78 is 0. The second-order valence-corrected chi connectivity index (χ2v) is 6.79. The minimum absolute atomic E-state index is 0.0284. The third-order valence-electron chi connectivity index (χ3n) is 4.15. The van der Waals surface area contributed by atoms with Gasteiger partial charge in [0.15, 0.2) is 5.78 Å². The van der Waals surface area contributed by atoms with Crippen molar-refractivity contribution in [3.63, 3.8) is 0 Å². The number of Topliss-reactive ketones (excluding diaryl/α,β-unsaturated/α-hetero) is 1. The molecule has 0 saturated carbocycles. The van der Waals surface area contributed by atoms with Crippen LogP contribution in [0.1, 0.15) is 55.2 Å². The Hall–Kier alpha value is -1.96. The Labute approximate surface area is 126 Å². The third kappa shape index (κ3) is 2.63. The summed E-state index contributed by atoms with van der Waals surface area (Å²) in [6, 6.07) is 10.3. The number of ketones is 1. The number of aromatic nitrogens is 1. The summed E-state index contributed by atoms with van der Waals surface area (Å²) in [6.07, 6.45) is 4.50. The van der Waals surface area contributed by atoms with Gasteiger partial charge in [-0.05, 0) is 41.7 Å². The number of fused-ring (bicyclic) bond motifs is 1. The van der Waals surface area contributed by atoms with Crippen molar-refractivity contribution in [2.24, 2.45) is 0 Å². The SMILES string of the molecule is CC(C)(C)c1cc(-c2cccc3c2CCCC3=O)ccn1. The minimum atomic E-state index is 0.0284. The molecule has 108 valence electrons. The lowest BCUT2D eigenvalue weighted by Crippen LogP contribution is -2.14. The van der Waals surface area contributed by atoms with Crippen LogP contribution in [-0.2, 0) is 11.8 Å². The van der Waals surface area contributed by atoms with Gasteiger partial charge in [0.25, 0.3) is 0 Å². The molecule has 0 saturated heterocycles. The molecule has 1 aromatic carbocycles. The smallest absolute Gasteiger partial charge is 0.163 e. The molecule has 3 rings (SSSR count). The molecule has 0 radical (unpaired) electrons.